The molecule has 1 atom stereocenters. The maximum absolute atomic E-state index is 2.90. The second kappa shape index (κ2) is 2.25. The lowest BCUT2D eigenvalue weighted by Crippen LogP contribution is -2.74. The quantitative estimate of drug-likeness (QED) is 0.651. The van der Waals surface area contributed by atoms with Gasteiger partial charge in [0.25, 0.3) is 0 Å². The minimum atomic E-state index is -1.37. The van der Waals surface area contributed by atoms with Crippen LogP contribution in [0.25, 0.3) is 0 Å². The number of hydrogen-bond acceptors (Lipinski definition) is 0. The molecular weight excluding hydrogens is 224 g/mol. The van der Waals surface area contributed by atoms with Gasteiger partial charge in [0.2, 0.25) is 0 Å². The van der Waals surface area contributed by atoms with Gasteiger partial charge in [-0.1, -0.05) is 26.2 Å². The Balaban J connectivity index is 1.43. The topological polar surface area (TPSA) is 0 Å². The molecule has 3 aliphatic carbocycles. The smallest absolute Gasteiger partial charge is 0.0177 e. The van der Waals surface area contributed by atoms with E-state index in [2.05, 4.69) is 13.2 Å². The van der Waals surface area contributed by atoms with E-state index in [1.807, 2.05) is 0 Å². The van der Waals surface area contributed by atoms with Gasteiger partial charge in [0.05, 0.1) is 0 Å². The summed E-state index contributed by atoms with van der Waals surface area (Å²) in [7, 11) is -1.37. The Morgan fingerprint density at radius 2 is 1.35 bits per heavy atom. The van der Waals surface area contributed by atoms with Gasteiger partial charge in [-0.3, -0.25) is 8.29 Å². The van der Waals surface area contributed by atoms with Crippen molar-refractivity contribution in [3.05, 3.63) is 0 Å². The lowest BCUT2D eigenvalue weighted by atomic mass is 9.67. The summed E-state index contributed by atoms with van der Waals surface area (Å²) in [5.74, 6) is 4.09. The van der Waals surface area contributed by atoms with Gasteiger partial charge >= 0.3 is 0 Å². The first kappa shape index (κ1) is 10.2. The zero-order chi connectivity index (χ0) is 11.5. The Morgan fingerprint density at radius 1 is 0.824 bits per heavy atom. The summed E-state index contributed by atoms with van der Waals surface area (Å²) in [6, 6.07) is 0. The van der Waals surface area contributed by atoms with Crippen LogP contribution in [0.2, 0.25) is 0 Å². The zero-order valence-electron chi connectivity index (χ0n) is 11.5. The minimum Gasteiger partial charge on any atom is -0.265 e. The molecule has 0 aromatic carbocycles. The number of hydrogen-bond donors (Lipinski definition) is 0. The van der Waals surface area contributed by atoms with Crippen LogP contribution in [0.5, 0.6) is 0 Å². The largest absolute Gasteiger partial charge is 0.265 e. The van der Waals surface area contributed by atoms with E-state index < -0.39 is 8.29 Å². The molecule has 17 heavy (non-hydrogen) atoms. The first-order valence-corrected chi connectivity index (χ1v) is 11.3. The third-order valence-electron chi connectivity index (χ3n) is 9.49. The molecule has 98 valence electrons. The van der Waals surface area contributed by atoms with Gasteiger partial charge in [-0.05, 0) is 70.5 Å². The highest BCUT2D eigenvalue weighted by Gasteiger charge is 2.94. The van der Waals surface area contributed by atoms with E-state index in [0.717, 1.165) is 0 Å². The van der Waals surface area contributed by atoms with Crippen LogP contribution in [0, 0.1) is 11.8 Å². The molecule has 0 aromatic rings. The predicted molar refractivity (Wildman–Crippen MR) is 78.5 cm³/mol. The lowest BCUT2D eigenvalue weighted by Gasteiger charge is -2.94. The van der Waals surface area contributed by atoms with Crippen molar-refractivity contribution < 1.29 is 0 Å². The second-order valence-corrected chi connectivity index (χ2v) is 17.5. The molecule has 0 nitrogen and oxygen atoms in total. The molecule has 6 aliphatic rings. The fourth-order valence-electron chi connectivity index (χ4n) is 7.11. The molecule has 6 rings (SSSR count). The van der Waals surface area contributed by atoms with E-state index in [0.29, 0.717) is 0 Å². The van der Waals surface area contributed by atoms with Gasteiger partial charge in [-0.25, -0.2) is 0 Å². The highest BCUT2D eigenvalue weighted by molar-refractivity contribution is 8.72. The van der Waals surface area contributed by atoms with E-state index in [4.69, 9.17) is 0 Å². The molecule has 0 amide bonds. The van der Waals surface area contributed by atoms with Crippen molar-refractivity contribution >= 4 is 8.29 Å². The van der Waals surface area contributed by atoms with E-state index >= 15 is 0 Å². The summed E-state index contributed by atoms with van der Waals surface area (Å²) < 4.78 is 0. The average molecular weight is 252 g/mol. The summed E-state index contributed by atoms with van der Waals surface area (Å²) in [4.78, 5) is 0. The molecule has 2 bridgehead atoms. The van der Waals surface area contributed by atoms with Gasteiger partial charge in [-0.2, -0.15) is 0 Å². The van der Waals surface area contributed by atoms with Gasteiger partial charge in [-0.15, -0.1) is 0 Å². The highest BCUT2D eigenvalue weighted by Crippen LogP contribution is 3.20. The SMILES string of the molecule is CC1CS12(C)(C1CC(C3CCC3)C1)C1CC2C1. The molecule has 3 saturated heterocycles. The first-order valence-electron chi connectivity index (χ1n) is 8.04. The van der Waals surface area contributed by atoms with Crippen molar-refractivity contribution in [1.82, 2.24) is 0 Å². The second-order valence-electron chi connectivity index (χ2n) is 8.95. The van der Waals surface area contributed by atoms with Gasteiger partial charge in [0.15, 0.2) is 0 Å². The van der Waals surface area contributed by atoms with Crippen LogP contribution < -0.4 is 0 Å². The molecule has 3 heterocycles. The van der Waals surface area contributed by atoms with Crippen LogP contribution >= 0.6 is 8.29 Å². The Kier molecular flexibility index (Phi) is 1.35. The first-order chi connectivity index (χ1) is 8.04. The molecular formula is C16H28S. The summed E-state index contributed by atoms with van der Waals surface area (Å²) in [5, 5.41) is 4.97. The standard InChI is InChI=1S/C16H28S/c1-11-10-17(11,2,15-8-16(17)9-15)14-6-13(7-14)12-4-3-5-12/h11-16H,3-10H2,1-2H3. The van der Waals surface area contributed by atoms with E-state index in [-0.39, 0.29) is 0 Å². The Labute approximate surface area is 105 Å². The Hall–Kier alpha value is 0.350. The van der Waals surface area contributed by atoms with Crippen molar-refractivity contribution in [3.8, 4) is 0 Å². The third-order valence-corrected chi connectivity index (χ3v) is 21.6. The normalized spacial score (nSPS) is 63.5. The Bertz CT molecular complexity index is 415. The molecule has 1 unspecified atom stereocenters. The fourth-order valence-corrected chi connectivity index (χ4v) is 18.8. The Morgan fingerprint density at radius 3 is 1.65 bits per heavy atom. The van der Waals surface area contributed by atoms with Gasteiger partial charge in [0, 0.05) is 0 Å². The molecule has 0 radical (unpaired) electrons. The van der Waals surface area contributed by atoms with E-state index in [9.17, 15) is 0 Å². The van der Waals surface area contributed by atoms with Crippen LogP contribution in [0.4, 0.5) is 0 Å². The van der Waals surface area contributed by atoms with Crippen LogP contribution in [0.1, 0.15) is 51.9 Å². The highest BCUT2D eigenvalue weighted by atomic mass is 32.4. The summed E-state index contributed by atoms with van der Waals surface area (Å²) in [6.45, 7) is 2.64. The molecule has 0 aromatic heterocycles. The van der Waals surface area contributed by atoms with Crippen molar-refractivity contribution in [2.75, 3.05) is 12.0 Å². The summed E-state index contributed by atoms with van der Waals surface area (Å²) >= 11 is 0. The predicted octanol–water partition coefficient (Wildman–Crippen LogP) is 4.02. The van der Waals surface area contributed by atoms with Crippen LogP contribution in [0.15, 0.2) is 0 Å². The summed E-state index contributed by atoms with van der Waals surface area (Å²) in [6.07, 6.45) is 14.3. The molecule has 3 aliphatic heterocycles. The minimum absolute atomic E-state index is 1.18. The molecule has 1 spiro atoms. The monoisotopic (exact) mass is 252 g/mol. The molecule has 3 saturated carbocycles. The van der Waals surface area contributed by atoms with Gasteiger partial charge in [0.1, 0.15) is 0 Å². The lowest BCUT2D eigenvalue weighted by molar-refractivity contribution is 0.129. The van der Waals surface area contributed by atoms with Crippen molar-refractivity contribution in [3.63, 3.8) is 0 Å². The van der Waals surface area contributed by atoms with E-state index in [1.54, 1.807) is 50.7 Å². The zero-order valence-corrected chi connectivity index (χ0v) is 12.3. The molecule has 0 N–H and O–H groups in total. The van der Waals surface area contributed by atoms with E-state index in [1.165, 1.54) is 32.8 Å². The van der Waals surface area contributed by atoms with Crippen LogP contribution in [-0.2, 0) is 0 Å². The summed E-state index contributed by atoms with van der Waals surface area (Å²) in [5.41, 5.74) is 0. The maximum atomic E-state index is 2.90. The average Bonchev–Trinajstić information content (AvgIpc) is 2.56. The maximum Gasteiger partial charge on any atom is -0.0177 e. The van der Waals surface area contributed by atoms with Gasteiger partial charge < -0.3 is 0 Å². The molecule has 1 heteroatoms. The molecule has 6 fully saturated rings. The van der Waals surface area contributed by atoms with Crippen LogP contribution in [-0.4, -0.2) is 33.0 Å². The van der Waals surface area contributed by atoms with Crippen molar-refractivity contribution in [2.45, 2.75) is 72.9 Å². The van der Waals surface area contributed by atoms with Crippen molar-refractivity contribution in [2.24, 2.45) is 11.8 Å². The van der Waals surface area contributed by atoms with Crippen molar-refractivity contribution in [1.29, 1.82) is 0 Å². The van der Waals surface area contributed by atoms with Crippen LogP contribution in [0.3, 0.4) is 0 Å². The third kappa shape index (κ3) is 0.661. The fraction of sp³-hybridized carbons (Fsp3) is 1.00. The number of rotatable bonds is 2.